The number of hydrogen-bond donors (Lipinski definition) is 2. The van der Waals surface area contributed by atoms with Gasteiger partial charge in [-0.25, -0.2) is 4.39 Å². The SMILES string of the molecule is CC(C)(C)[C@H](O)[C@H](N)c1ccc(F)cc1[N+](=O)[O-]. The molecular weight excluding hydrogens is 239 g/mol. The van der Waals surface area contributed by atoms with Crippen molar-refractivity contribution < 1.29 is 14.4 Å². The van der Waals surface area contributed by atoms with Gasteiger partial charge in [0.2, 0.25) is 0 Å². The Labute approximate surface area is 105 Å². The average Bonchev–Trinajstić information content (AvgIpc) is 2.25. The van der Waals surface area contributed by atoms with Gasteiger partial charge in [-0.1, -0.05) is 20.8 Å². The third-order valence-electron chi connectivity index (χ3n) is 2.78. The minimum Gasteiger partial charge on any atom is -0.391 e. The maximum atomic E-state index is 13.0. The summed E-state index contributed by atoms with van der Waals surface area (Å²) in [7, 11) is 0. The fourth-order valence-corrected chi connectivity index (χ4v) is 1.67. The molecule has 0 aromatic heterocycles. The van der Waals surface area contributed by atoms with E-state index in [2.05, 4.69) is 0 Å². The van der Waals surface area contributed by atoms with Crippen LogP contribution in [0.15, 0.2) is 18.2 Å². The van der Waals surface area contributed by atoms with Gasteiger partial charge >= 0.3 is 0 Å². The molecule has 0 amide bonds. The minimum atomic E-state index is -0.971. The zero-order valence-electron chi connectivity index (χ0n) is 10.6. The Bertz CT molecular complexity index is 457. The third-order valence-corrected chi connectivity index (χ3v) is 2.78. The number of halogens is 1. The van der Waals surface area contributed by atoms with E-state index in [0.29, 0.717) is 0 Å². The maximum Gasteiger partial charge on any atom is 0.277 e. The monoisotopic (exact) mass is 256 g/mol. The summed E-state index contributed by atoms with van der Waals surface area (Å²) >= 11 is 0. The third kappa shape index (κ3) is 3.02. The van der Waals surface area contributed by atoms with Gasteiger partial charge in [-0.2, -0.15) is 0 Å². The van der Waals surface area contributed by atoms with Crippen LogP contribution in [0.1, 0.15) is 32.4 Å². The molecule has 0 aliphatic carbocycles. The highest BCUT2D eigenvalue weighted by Gasteiger charge is 2.32. The van der Waals surface area contributed by atoms with Crippen molar-refractivity contribution in [1.82, 2.24) is 0 Å². The fraction of sp³-hybridized carbons (Fsp3) is 0.500. The summed E-state index contributed by atoms with van der Waals surface area (Å²) in [6.07, 6.45) is -0.971. The van der Waals surface area contributed by atoms with Crippen molar-refractivity contribution in [3.8, 4) is 0 Å². The molecule has 0 saturated carbocycles. The molecule has 2 atom stereocenters. The zero-order valence-corrected chi connectivity index (χ0v) is 10.6. The second-order valence-corrected chi connectivity index (χ2v) is 5.30. The molecule has 1 aromatic rings. The number of hydrogen-bond acceptors (Lipinski definition) is 4. The van der Waals surface area contributed by atoms with E-state index in [0.717, 1.165) is 12.1 Å². The van der Waals surface area contributed by atoms with Gasteiger partial charge in [-0.15, -0.1) is 0 Å². The molecule has 0 aliphatic rings. The van der Waals surface area contributed by atoms with Gasteiger partial charge in [0.1, 0.15) is 5.82 Å². The van der Waals surface area contributed by atoms with E-state index in [-0.39, 0.29) is 5.56 Å². The van der Waals surface area contributed by atoms with Crippen molar-refractivity contribution in [2.45, 2.75) is 32.9 Å². The van der Waals surface area contributed by atoms with Gasteiger partial charge in [-0.3, -0.25) is 10.1 Å². The fourth-order valence-electron chi connectivity index (χ4n) is 1.67. The van der Waals surface area contributed by atoms with Crippen molar-refractivity contribution >= 4 is 5.69 Å². The lowest BCUT2D eigenvalue weighted by atomic mass is 9.82. The number of aliphatic hydroxyl groups is 1. The normalized spacial score (nSPS) is 15.2. The summed E-state index contributed by atoms with van der Waals surface area (Å²) in [5.41, 5.74) is 5.03. The van der Waals surface area contributed by atoms with E-state index in [9.17, 15) is 19.6 Å². The van der Waals surface area contributed by atoms with E-state index in [1.54, 1.807) is 20.8 Å². The summed E-state index contributed by atoms with van der Waals surface area (Å²) in [6.45, 7) is 5.31. The summed E-state index contributed by atoms with van der Waals surface area (Å²) in [5, 5.41) is 20.9. The van der Waals surface area contributed by atoms with Crippen LogP contribution in [0.5, 0.6) is 0 Å². The van der Waals surface area contributed by atoms with Gasteiger partial charge in [0, 0.05) is 5.56 Å². The molecule has 0 aliphatic heterocycles. The van der Waals surface area contributed by atoms with Crippen molar-refractivity contribution in [2.24, 2.45) is 11.1 Å². The van der Waals surface area contributed by atoms with E-state index in [1.165, 1.54) is 6.07 Å². The molecule has 0 heterocycles. The van der Waals surface area contributed by atoms with Gasteiger partial charge in [0.25, 0.3) is 5.69 Å². The predicted octanol–water partition coefficient (Wildman–Crippen LogP) is 2.14. The first-order chi connectivity index (χ1) is 8.14. The smallest absolute Gasteiger partial charge is 0.277 e. The summed E-state index contributed by atoms with van der Waals surface area (Å²) in [4.78, 5) is 10.2. The molecular formula is C12H17FN2O3. The molecule has 18 heavy (non-hydrogen) atoms. The van der Waals surface area contributed by atoms with Crippen LogP contribution in [0, 0.1) is 21.3 Å². The number of nitrogens with two attached hydrogens (primary N) is 1. The first-order valence-corrected chi connectivity index (χ1v) is 5.52. The van der Waals surface area contributed by atoms with Crippen LogP contribution in [0.4, 0.5) is 10.1 Å². The summed E-state index contributed by atoms with van der Waals surface area (Å²) < 4.78 is 13.0. The molecule has 1 rings (SSSR count). The van der Waals surface area contributed by atoms with Crippen LogP contribution in [0.25, 0.3) is 0 Å². The Morgan fingerprint density at radius 3 is 2.44 bits per heavy atom. The quantitative estimate of drug-likeness (QED) is 0.640. The van der Waals surface area contributed by atoms with Crippen molar-refractivity contribution in [3.05, 3.63) is 39.7 Å². The van der Waals surface area contributed by atoms with Crippen LogP contribution in [-0.4, -0.2) is 16.1 Å². The molecule has 100 valence electrons. The van der Waals surface area contributed by atoms with Crippen LogP contribution in [-0.2, 0) is 0 Å². The molecule has 3 N–H and O–H groups in total. The van der Waals surface area contributed by atoms with Crippen LogP contribution < -0.4 is 5.73 Å². The van der Waals surface area contributed by atoms with Crippen molar-refractivity contribution in [2.75, 3.05) is 0 Å². The highest BCUT2D eigenvalue weighted by atomic mass is 19.1. The number of aliphatic hydroxyl groups excluding tert-OH is 1. The van der Waals surface area contributed by atoms with Crippen molar-refractivity contribution in [3.63, 3.8) is 0 Å². The standard InChI is InChI=1S/C12H17FN2O3/c1-12(2,3)11(16)10(14)8-5-4-7(13)6-9(8)15(17)18/h4-6,10-11,16H,14H2,1-3H3/t10-,11-/m1/s1. The highest BCUT2D eigenvalue weighted by molar-refractivity contribution is 5.43. The van der Waals surface area contributed by atoms with Gasteiger partial charge < -0.3 is 10.8 Å². The van der Waals surface area contributed by atoms with E-state index in [1.807, 2.05) is 0 Å². The molecule has 0 radical (unpaired) electrons. The topological polar surface area (TPSA) is 89.4 Å². The number of nitro groups is 1. The average molecular weight is 256 g/mol. The lowest BCUT2D eigenvalue weighted by Crippen LogP contribution is -2.37. The van der Waals surface area contributed by atoms with E-state index < -0.39 is 34.0 Å². The Hall–Kier alpha value is -1.53. The molecule has 0 unspecified atom stereocenters. The second-order valence-electron chi connectivity index (χ2n) is 5.30. The molecule has 0 spiro atoms. The number of benzene rings is 1. The van der Waals surface area contributed by atoms with Gasteiger partial charge in [-0.05, 0) is 17.5 Å². The van der Waals surface area contributed by atoms with Gasteiger partial charge in [0.05, 0.1) is 23.1 Å². The molecule has 1 aromatic carbocycles. The lowest BCUT2D eigenvalue weighted by molar-refractivity contribution is -0.386. The molecule has 0 bridgehead atoms. The largest absolute Gasteiger partial charge is 0.391 e. The number of nitro benzene ring substituents is 1. The summed E-state index contributed by atoms with van der Waals surface area (Å²) in [5.74, 6) is -0.706. The van der Waals surface area contributed by atoms with Crippen LogP contribution in [0.3, 0.4) is 0 Å². The Balaban J connectivity index is 3.21. The first kappa shape index (κ1) is 14.5. The first-order valence-electron chi connectivity index (χ1n) is 5.52. The Morgan fingerprint density at radius 1 is 1.44 bits per heavy atom. The Morgan fingerprint density at radius 2 is 2.00 bits per heavy atom. The maximum absolute atomic E-state index is 13.0. The van der Waals surface area contributed by atoms with E-state index >= 15 is 0 Å². The minimum absolute atomic E-state index is 0.129. The Kier molecular flexibility index (Phi) is 4.03. The summed E-state index contributed by atoms with van der Waals surface area (Å²) in [6, 6.07) is 2.21. The zero-order chi connectivity index (χ0) is 14.1. The molecule has 6 heteroatoms. The lowest BCUT2D eigenvalue weighted by Gasteiger charge is -2.30. The van der Waals surface area contributed by atoms with Crippen LogP contribution in [0.2, 0.25) is 0 Å². The number of rotatable bonds is 3. The molecule has 5 nitrogen and oxygen atoms in total. The highest BCUT2D eigenvalue weighted by Crippen LogP contribution is 2.33. The van der Waals surface area contributed by atoms with Gasteiger partial charge in [0.15, 0.2) is 0 Å². The van der Waals surface area contributed by atoms with Crippen LogP contribution >= 0.6 is 0 Å². The second kappa shape index (κ2) is 4.99. The molecule has 0 fully saturated rings. The van der Waals surface area contributed by atoms with Crippen molar-refractivity contribution in [1.29, 1.82) is 0 Å². The molecule has 0 saturated heterocycles. The predicted molar refractivity (Wildman–Crippen MR) is 65.4 cm³/mol. The number of nitrogens with zero attached hydrogens (tertiary/aromatic N) is 1. The van der Waals surface area contributed by atoms with E-state index in [4.69, 9.17) is 5.73 Å².